The van der Waals surface area contributed by atoms with Crippen LogP contribution in [0.1, 0.15) is 38.2 Å². The number of nitrogens with one attached hydrogen (secondary N) is 2. The van der Waals surface area contributed by atoms with Crippen LogP contribution in [0.15, 0.2) is 42.5 Å². The minimum absolute atomic E-state index is 0.0666. The van der Waals surface area contributed by atoms with E-state index in [2.05, 4.69) is 17.6 Å². The van der Waals surface area contributed by atoms with Crippen LogP contribution in [0.25, 0.3) is 0 Å². The van der Waals surface area contributed by atoms with Gasteiger partial charge in [0.1, 0.15) is 0 Å². The van der Waals surface area contributed by atoms with E-state index in [-0.39, 0.29) is 28.2 Å². The number of hydrogen-bond donors (Lipinski definition) is 3. The van der Waals surface area contributed by atoms with E-state index in [9.17, 15) is 14.7 Å². The smallest absolute Gasteiger partial charge is 0.329 e. The lowest BCUT2D eigenvalue weighted by molar-refractivity contribution is -0.141. The molecule has 1 heterocycles. The van der Waals surface area contributed by atoms with Crippen molar-refractivity contribution in [1.82, 2.24) is 5.32 Å². The fourth-order valence-corrected chi connectivity index (χ4v) is 4.58. The highest BCUT2D eigenvalue weighted by Gasteiger charge is 2.52. The van der Waals surface area contributed by atoms with Gasteiger partial charge in [0, 0.05) is 11.6 Å². The number of nitrogens with zero attached hydrogens (tertiary/aromatic N) is 1. The third-order valence-electron chi connectivity index (χ3n) is 5.98. The van der Waals surface area contributed by atoms with Gasteiger partial charge in [-0.3, -0.25) is 9.69 Å². The average molecular weight is 448 g/mol. The zero-order valence-electron chi connectivity index (χ0n) is 16.5. The van der Waals surface area contributed by atoms with Gasteiger partial charge < -0.3 is 15.7 Å². The van der Waals surface area contributed by atoms with E-state index in [4.69, 9.17) is 23.2 Å². The number of rotatable bonds is 3. The SMILES string of the molecule is C[C@H]1CCCC[C@H]1NC(=O)[C@]1(O)c2ccccc2NC(=O)N1c1ccc(Cl)c(Cl)c1. The Balaban J connectivity index is 1.80. The van der Waals surface area contributed by atoms with Crippen molar-refractivity contribution in [2.45, 2.75) is 44.4 Å². The van der Waals surface area contributed by atoms with Crippen molar-refractivity contribution < 1.29 is 14.7 Å². The second-order valence-electron chi connectivity index (χ2n) is 7.92. The lowest BCUT2D eigenvalue weighted by Gasteiger charge is -2.44. The minimum atomic E-state index is -2.24. The largest absolute Gasteiger partial charge is 0.359 e. The van der Waals surface area contributed by atoms with Crippen LogP contribution in [-0.2, 0) is 10.5 Å². The second-order valence-corrected chi connectivity index (χ2v) is 8.74. The van der Waals surface area contributed by atoms with Crippen molar-refractivity contribution in [1.29, 1.82) is 0 Å². The van der Waals surface area contributed by atoms with Gasteiger partial charge >= 0.3 is 6.03 Å². The maximum Gasteiger partial charge on any atom is 0.329 e. The number of fused-ring (bicyclic) bond motifs is 1. The van der Waals surface area contributed by atoms with Crippen LogP contribution < -0.4 is 15.5 Å². The molecular formula is C22H23Cl2N3O3. The van der Waals surface area contributed by atoms with Gasteiger partial charge in [-0.25, -0.2) is 4.79 Å². The first-order valence-electron chi connectivity index (χ1n) is 10.0. The van der Waals surface area contributed by atoms with Crippen LogP contribution in [0.5, 0.6) is 0 Å². The Labute approximate surface area is 185 Å². The number of halogens is 2. The lowest BCUT2D eigenvalue weighted by atomic mass is 9.85. The molecule has 3 N–H and O–H groups in total. The summed E-state index contributed by atoms with van der Waals surface area (Å²) in [4.78, 5) is 27.6. The van der Waals surface area contributed by atoms with E-state index in [0.717, 1.165) is 30.6 Å². The number of amides is 3. The molecule has 2 aromatic carbocycles. The van der Waals surface area contributed by atoms with Crippen LogP contribution in [0.2, 0.25) is 10.0 Å². The number of aliphatic hydroxyl groups is 1. The van der Waals surface area contributed by atoms with Crippen molar-refractivity contribution in [3.05, 3.63) is 58.1 Å². The molecule has 0 saturated heterocycles. The standard InChI is InChI=1S/C22H23Cl2N3O3/c1-13-6-2-4-8-18(13)25-20(28)22(30)15-7-3-5-9-19(15)26-21(29)27(22)14-10-11-16(23)17(24)12-14/h3,5,7,9-13,18,30H,2,4,6,8H2,1H3,(H,25,28)(H,26,29)/t13-,18+,22+/m0/s1. The summed E-state index contributed by atoms with van der Waals surface area (Å²) in [6, 6.07) is 10.5. The van der Waals surface area contributed by atoms with Gasteiger partial charge in [-0.05, 0) is 43.0 Å². The number of benzene rings is 2. The van der Waals surface area contributed by atoms with Gasteiger partial charge in [-0.1, -0.05) is 61.2 Å². The van der Waals surface area contributed by atoms with Crippen LogP contribution >= 0.6 is 23.2 Å². The van der Waals surface area contributed by atoms with Crippen LogP contribution in [0, 0.1) is 5.92 Å². The first-order valence-corrected chi connectivity index (χ1v) is 10.8. The van der Waals surface area contributed by atoms with Gasteiger partial charge in [0.05, 0.1) is 21.4 Å². The molecule has 158 valence electrons. The van der Waals surface area contributed by atoms with Crippen molar-refractivity contribution in [2.75, 3.05) is 10.2 Å². The van der Waals surface area contributed by atoms with Crippen molar-refractivity contribution >= 4 is 46.5 Å². The highest BCUT2D eigenvalue weighted by molar-refractivity contribution is 6.42. The van der Waals surface area contributed by atoms with E-state index in [1.807, 2.05) is 0 Å². The van der Waals surface area contributed by atoms with Gasteiger partial charge in [-0.2, -0.15) is 0 Å². The Bertz CT molecular complexity index is 999. The fraction of sp³-hybridized carbons (Fsp3) is 0.364. The fourth-order valence-electron chi connectivity index (χ4n) is 4.29. The minimum Gasteiger partial charge on any atom is -0.359 e. The van der Waals surface area contributed by atoms with Gasteiger partial charge in [-0.15, -0.1) is 0 Å². The molecule has 1 aliphatic carbocycles. The molecule has 0 spiro atoms. The van der Waals surface area contributed by atoms with Crippen LogP contribution in [-0.4, -0.2) is 23.1 Å². The van der Waals surface area contributed by atoms with E-state index < -0.39 is 17.7 Å². The predicted octanol–water partition coefficient (Wildman–Crippen LogP) is 4.89. The molecule has 1 fully saturated rings. The molecule has 30 heavy (non-hydrogen) atoms. The summed E-state index contributed by atoms with van der Waals surface area (Å²) < 4.78 is 0. The number of urea groups is 1. The maximum atomic E-state index is 13.5. The van der Waals surface area contributed by atoms with E-state index in [0.29, 0.717) is 10.7 Å². The molecule has 6 nitrogen and oxygen atoms in total. The number of para-hydroxylation sites is 1. The van der Waals surface area contributed by atoms with Gasteiger partial charge in [0.15, 0.2) is 0 Å². The summed E-state index contributed by atoms with van der Waals surface area (Å²) in [5, 5.41) is 18.1. The van der Waals surface area contributed by atoms with E-state index in [1.54, 1.807) is 30.3 Å². The molecule has 4 rings (SSSR count). The van der Waals surface area contributed by atoms with Crippen molar-refractivity contribution in [3.8, 4) is 0 Å². The predicted molar refractivity (Wildman–Crippen MR) is 118 cm³/mol. The molecule has 0 bridgehead atoms. The number of hydrogen-bond acceptors (Lipinski definition) is 3. The molecule has 2 aliphatic rings. The van der Waals surface area contributed by atoms with E-state index >= 15 is 0 Å². The average Bonchev–Trinajstić information content (AvgIpc) is 2.72. The molecule has 1 saturated carbocycles. The summed E-state index contributed by atoms with van der Waals surface area (Å²) >= 11 is 12.2. The molecule has 2 aromatic rings. The molecule has 3 atom stereocenters. The summed E-state index contributed by atoms with van der Waals surface area (Å²) in [5.41, 5.74) is -1.32. The molecule has 0 radical (unpaired) electrons. The molecule has 8 heteroatoms. The molecule has 1 aliphatic heterocycles. The highest BCUT2D eigenvalue weighted by Crippen LogP contribution is 2.41. The summed E-state index contributed by atoms with van der Waals surface area (Å²) in [5.74, 6) is -0.355. The zero-order chi connectivity index (χ0) is 21.5. The molecule has 0 aromatic heterocycles. The van der Waals surface area contributed by atoms with Crippen LogP contribution in [0.4, 0.5) is 16.2 Å². The lowest BCUT2D eigenvalue weighted by Crippen LogP contribution is -2.64. The third-order valence-corrected chi connectivity index (χ3v) is 6.72. The Kier molecular flexibility index (Phi) is 5.66. The second kappa shape index (κ2) is 8.10. The number of anilines is 2. The monoisotopic (exact) mass is 447 g/mol. The summed E-state index contributed by atoms with van der Waals surface area (Å²) in [7, 11) is 0. The summed E-state index contributed by atoms with van der Waals surface area (Å²) in [6.45, 7) is 2.09. The molecule has 3 amide bonds. The number of carbonyl (C=O) groups excluding carboxylic acids is 2. The highest BCUT2D eigenvalue weighted by atomic mass is 35.5. The van der Waals surface area contributed by atoms with Gasteiger partial charge in [0.2, 0.25) is 0 Å². The van der Waals surface area contributed by atoms with Crippen molar-refractivity contribution in [2.24, 2.45) is 5.92 Å². The number of carbonyl (C=O) groups is 2. The Morgan fingerprint density at radius 1 is 1.17 bits per heavy atom. The van der Waals surface area contributed by atoms with Crippen LogP contribution in [0.3, 0.4) is 0 Å². The normalized spacial score (nSPS) is 26.0. The zero-order valence-corrected chi connectivity index (χ0v) is 18.0. The molecule has 0 unspecified atom stereocenters. The quantitative estimate of drug-likeness (QED) is 0.626. The van der Waals surface area contributed by atoms with Gasteiger partial charge in [0.25, 0.3) is 11.6 Å². The van der Waals surface area contributed by atoms with Crippen molar-refractivity contribution in [3.63, 3.8) is 0 Å². The Morgan fingerprint density at radius 2 is 1.90 bits per heavy atom. The molecular weight excluding hydrogens is 425 g/mol. The Morgan fingerprint density at radius 3 is 2.63 bits per heavy atom. The Hall–Kier alpha value is -2.28. The third kappa shape index (κ3) is 3.53. The summed E-state index contributed by atoms with van der Waals surface area (Å²) in [6.07, 6.45) is 3.99. The maximum absolute atomic E-state index is 13.5. The topological polar surface area (TPSA) is 81.7 Å². The first kappa shape index (κ1) is 21.0. The first-order chi connectivity index (χ1) is 14.3. The van der Waals surface area contributed by atoms with E-state index in [1.165, 1.54) is 12.1 Å².